The van der Waals surface area contributed by atoms with Crippen LogP contribution in [0.2, 0.25) is 0 Å². The van der Waals surface area contributed by atoms with Gasteiger partial charge in [0, 0.05) is 19.5 Å². The second-order valence-corrected chi connectivity index (χ2v) is 8.12. The fourth-order valence-electron chi connectivity index (χ4n) is 2.47. The highest BCUT2D eigenvalue weighted by molar-refractivity contribution is 7.92. The van der Waals surface area contributed by atoms with Gasteiger partial charge in [-0.3, -0.25) is 9.10 Å². The van der Waals surface area contributed by atoms with E-state index in [2.05, 4.69) is 5.32 Å². The summed E-state index contributed by atoms with van der Waals surface area (Å²) >= 11 is 0. The fourth-order valence-corrected chi connectivity index (χ4v) is 3.55. The summed E-state index contributed by atoms with van der Waals surface area (Å²) < 4.78 is 25.9. The second-order valence-electron chi connectivity index (χ2n) is 6.00. The number of rotatable bonds is 8. The van der Waals surface area contributed by atoms with Crippen molar-refractivity contribution in [2.24, 2.45) is 5.92 Å². The second kappa shape index (κ2) is 8.67. The average Bonchev–Trinajstić information content (AvgIpc) is 2.62. The molecule has 1 atom stereocenters. The first-order valence-electron chi connectivity index (χ1n) is 8.23. The largest absolute Gasteiger partial charge is 0.355 e. The Hall–Kier alpha value is -2.34. The maximum Gasteiger partial charge on any atom is 0.236 e. The molecule has 0 radical (unpaired) electrons. The van der Waals surface area contributed by atoms with E-state index in [-0.39, 0.29) is 24.1 Å². The van der Waals surface area contributed by atoms with Gasteiger partial charge in [0.1, 0.15) is 0 Å². The predicted octanol–water partition coefficient (Wildman–Crippen LogP) is 2.45. The maximum atomic E-state index is 12.3. The van der Waals surface area contributed by atoms with E-state index in [0.717, 1.165) is 5.56 Å². The summed E-state index contributed by atoms with van der Waals surface area (Å²) in [5.74, 6) is -0.485. The van der Waals surface area contributed by atoms with Crippen LogP contribution >= 0.6 is 0 Å². The Bertz CT molecular complexity index is 777. The van der Waals surface area contributed by atoms with Crippen LogP contribution in [0.4, 0.5) is 5.69 Å². The first-order chi connectivity index (χ1) is 11.9. The van der Waals surface area contributed by atoms with Crippen LogP contribution in [-0.2, 0) is 21.2 Å². The Labute approximate surface area is 149 Å². The van der Waals surface area contributed by atoms with Crippen molar-refractivity contribution in [1.82, 2.24) is 5.32 Å². The van der Waals surface area contributed by atoms with Gasteiger partial charge in [-0.2, -0.15) is 0 Å². The first-order valence-corrected chi connectivity index (χ1v) is 9.84. The van der Waals surface area contributed by atoms with Crippen molar-refractivity contribution in [1.29, 1.82) is 0 Å². The van der Waals surface area contributed by atoms with Crippen molar-refractivity contribution >= 4 is 21.6 Å². The molecule has 0 spiro atoms. The number of carbonyl (C=O) groups is 1. The highest BCUT2D eigenvalue weighted by Crippen LogP contribution is 2.15. The number of carbonyl (C=O) groups excluding carboxylic acids is 1. The Balaban J connectivity index is 1.83. The van der Waals surface area contributed by atoms with E-state index in [9.17, 15) is 13.2 Å². The molecule has 2 aromatic carbocycles. The SMILES string of the molecule is CC(Cc1ccccc1)C(=O)NCCS(=O)(=O)N(C)c1ccccc1. The molecule has 6 heteroatoms. The molecule has 134 valence electrons. The van der Waals surface area contributed by atoms with Crippen molar-refractivity contribution in [2.45, 2.75) is 13.3 Å². The summed E-state index contributed by atoms with van der Waals surface area (Å²) in [5.41, 5.74) is 1.69. The van der Waals surface area contributed by atoms with Crippen LogP contribution in [0, 0.1) is 5.92 Å². The van der Waals surface area contributed by atoms with Gasteiger partial charge in [-0.25, -0.2) is 8.42 Å². The molecule has 1 N–H and O–H groups in total. The van der Waals surface area contributed by atoms with Crippen molar-refractivity contribution in [3.05, 3.63) is 66.2 Å². The van der Waals surface area contributed by atoms with Crippen molar-refractivity contribution < 1.29 is 13.2 Å². The van der Waals surface area contributed by atoms with Gasteiger partial charge in [-0.1, -0.05) is 55.5 Å². The molecule has 25 heavy (non-hydrogen) atoms. The van der Waals surface area contributed by atoms with E-state index in [1.807, 2.05) is 43.3 Å². The molecule has 1 amide bonds. The van der Waals surface area contributed by atoms with Gasteiger partial charge in [0.25, 0.3) is 0 Å². The predicted molar refractivity (Wildman–Crippen MR) is 101 cm³/mol. The molecular weight excluding hydrogens is 336 g/mol. The molecule has 0 saturated carbocycles. The third-order valence-corrected chi connectivity index (χ3v) is 5.79. The van der Waals surface area contributed by atoms with Crippen LogP contribution in [0.3, 0.4) is 0 Å². The number of sulfonamides is 1. The summed E-state index contributed by atoms with van der Waals surface area (Å²) in [6.45, 7) is 1.93. The highest BCUT2D eigenvalue weighted by atomic mass is 32.2. The topological polar surface area (TPSA) is 66.5 Å². The number of benzene rings is 2. The molecule has 0 bridgehead atoms. The summed E-state index contributed by atoms with van der Waals surface area (Å²) in [4.78, 5) is 12.2. The minimum absolute atomic E-state index is 0.0947. The van der Waals surface area contributed by atoms with Crippen LogP contribution < -0.4 is 9.62 Å². The van der Waals surface area contributed by atoms with Gasteiger partial charge in [0.05, 0.1) is 11.4 Å². The van der Waals surface area contributed by atoms with E-state index in [1.54, 1.807) is 24.3 Å². The third kappa shape index (κ3) is 5.60. The van der Waals surface area contributed by atoms with Crippen molar-refractivity contribution in [3.8, 4) is 0 Å². The van der Waals surface area contributed by atoms with Crippen molar-refractivity contribution in [3.63, 3.8) is 0 Å². The first kappa shape index (κ1) is 19.0. The molecule has 0 fully saturated rings. The number of amides is 1. The highest BCUT2D eigenvalue weighted by Gasteiger charge is 2.19. The molecule has 0 aliphatic rings. The quantitative estimate of drug-likeness (QED) is 0.786. The molecule has 0 aliphatic carbocycles. The molecule has 2 aromatic rings. The minimum atomic E-state index is -3.47. The monoisotopic (exact) mass is 360 g/mol. The van der Waals surface area contributed by atoms with E-state index >= 15 is 0 Å². The van der Waals surface area contributed by atoms with E-state index in [4.69, 9.17) is 0 Å². The van der Waals surface area contributed by atoms with Gasteiger partial charge in [0.15, 0.2) is 0 Å². The van der Waals surface area contributed by atoms with Crippen LogP contribution in [-0.4, -0.2) is 33.7 Å². The Kier molecular flexibility index (Phi) is 6.58. The van der Waals surface area contributed by atoms with Gasteiger partial charge in [-0.15, -0.1) is 0 Å². The molecule has 5 nitrogen and oxygen atoms in total. The Morgan fingerprint density at radius 1 is 1.04 bits per heavy atom. The number of anilines is 1. The fraction of sp³-hybridized carbons (Fsp3) is 0.316. The zero-order chi connectivity index (χ0) is 18.3. The molecule has 1 unspecified atom stereocenters. The Morgan fingerprint density at radius 2 is 1.60 bits per heavy atom. The third-order valence-electron chi connectivity index (χ3n) is 4.03. The molecule has 2 rings (SSSR count). The van der Waals surface area contributed by atoms with Gasteiger partial charge in [0.2, 0.25) is 15.9 Å². The Morgan fingerprint density at radius 3 is 2.20 bits per heavy atom. The van der Waals surface area contributed by atoms with Gasteiger partial charge in [-0.05, 0) is 24.1 Å². The summed E-state index contributed by atoms with van der Waals surface area (Å²) in [6, 6.07) is 18.6. The van der Waals surface area contributed by atoms with Crippen LogP contribution in [0.1, 0.15) is 12.5 Å². The van der Waals surface area contributed by atoms with Crippen LogP contribution in [0.5, 0.6) is 0 Å². The molecular formula is C19H24N2O3S. The zero-order valence-corrected chi connectivity index (χ0v) is 15.4. The molecule has 0 saturated heterocycles. The number of para-hydroxylation sites is 1. The molecule has 0 aromatic heterocycles. The van der Waals surface area contributed by atoms with Gasteiger partial charge < -0.3 is 5.32 Å². The lowest BCUT2D eigenvalue weighted by molar-refractivity contribution is -0.124. The standard InChI is InChI=1S/C19H24N2O3S/c1-16(15-17-9-5-3-6-10-17)19(22)20-13-14-25(23,24)21(2)18-11-7-4-8-12-18/h3-12,16H,13-15H2,1-2H3,(H,20,22). The lowest BCUT2D eigenvalue weighted by atomic mass is 10.0. The lowest BCUT2D eigenvalue weighted by Gasteiger charge is -2.20. The average molecular weight is 360 g/mol. The normalized spacial score (nSPS) is 12.4. The van der Waals surface area contributed by atoms with Crippen molar-refractivity contribution in [2.75, 3.05) is 23.7 Å². The molecule has 0 aliphatic heterocycles. The van der Waals surface area contributed by atoms with Gasteiger partial charge >= 0.3 is 0 Å². The van der Waals surface area contributed by atoms with Crippen LogP contribution in [0.15, 0.2) is 60.7 Å². The number of nitrogens with zero attached hydrogens (tertiary/aromatic N) is 1. The smallest absolute Gasteiger partial charge is 0.236 e. The maximum absolute atomic E-state index is 12.3. The van der Waals surface area contributed by atoms with E-state index in [1.165, 1.54) is 11.4 Å². The van der Waals surface area contributed by atoms with Crippen LogP contribution in [0.25, 0.3) is 0 Å². The summed E-state index contributed by atoms with van der Waals surface area (Å²) in [6.07, 6.45) is 0.628. The summed E-state index contributed by atoms with van der Waals surface area (Å²) in [5, 5.41) is 2.72. The van der Waals surface area contributed by atoms with E-state index in [0.29, 0.717) is 12.1 Å². The molecule has 0 heterocycles. The van der Waals surface area contributed by atoms with E-state index < -0.39 is 10.0 Å². The number of hydrogen-bond donors (Lipinski definition) is 1. The minimum Gasteiger partial charge on any atom is -0.355 e. The number of hydrogen-bond acceptors (Lipinski definition) is 3. The number of nitrogens with one attached hydrogen (secondary N) is 1. The lowest BCUT2D eigenvalue weighted by Crippen LogP contribution is -2.37. The summed E-state index contributed by atoms with van der Waals surface area (Å²) in [7, 11) is -1.96. The zero-order valence-electron chi connectivity index (χ0n) is 14.6.